The third-order valence-corrected chi connectivity index (χ3v) is 4.70. The number of aromatic nitrogens is 2. The number of anilines is 1. The van der Waals surface area contributed by atoms with Gasteiger partial charge in [-0.15, -0.1) is 0 Å². The molecule has 1 aromatic carbocycles. The fraction of sp³-hybridized carbons (Fsp3) is 0.381. The number of ether oxygens (including phenoxy) is 3. The third kappa shape index (κ3) is 5.15. The minimum Gasteiger partial charge on any atom is -0.493 e. The first kappa shape index (κ1) is 22.2. The van der Waals surface area contributed by atoms with E-state index in [1.54, 1.807) is 29.0 Å². The zero-order chi connectivity index (χ0) is 22.5. The summed E-state index contributed by atoms with van der Waals surface area (Å²) in [6.45, 7) is 3.73. The van der Waals surface area contributed by atoms with Crippen molar-refractivity contribution in [1.82, 2.24) is 20.4 Å². The molecule has 1 fully saturated rings. The number of methoxy groups -OCH3 is 3. The molecule has 1 saturated heterocycles. The Morgan fingerprint density at radius 2 is 1.87 bits per heavy atom. The van der Waals surface area contributed by atoms with Crippen molar-refractivity contribution in [2.45, 2.75) is 32.6 Å². The second-order valence-corrected chi connectivity index (χ2v) is 7.14. The van der Waals surface area contributed by atoms with Crippen LogP contribution < -0.4 is 30.2 Å². The first-order valence-electron chi connectivity index (χ1n) is 9.75. The molecule has 0 bridgehead atoms. The van der Waals surface area contributed by atoms with Crippen LogP contribution in [0.15, 0.2) is 24.3 Å². The summed E-state index contributed by atoms with van der Waals surface area (Å²) in [5.74, 6) is 1.48. The first-order valence-corrected chi connectivity index (χ1v) is 9.75. The van der Waals surface area contributed by atoms with Crippen molar-refractivity contribution in [1.29, 1.82) is 0 Å². The maximum Gasteiger partial charge on any atom is 0.249 e. The van der Waals surface area contributed by atoms with Crippen LogP contribution in [-0.4, -0.2) is 49.0 Å². The maximum absolute atomic E-state index is 12.6. The molecule has 3 N–H and O–H groups in total. The number of rotatable bonds is 7. The lowest BCUT2D eigenvalue weighted by atomic mass is 10.1. The van der Waals surface area contributed by atoms with Gasteiger partial charge in [-0.05, 0) is 37.6 Å². The Morgan fingerprint density at radius 3 is 2.45 bits per heavy atom. The zero-order valence-electron chi connectivity index (χ0n) is 18.2. The Hall–Kier alpha value is -3.53. The number of carbonyl (C=O) groups excluding carboxylic acids is 2. The highest BCUT2D eigenvalue weighted by Gasteiger charge is 2.26. The Balaban J connectivity index is 1.77. The van der Waals surface area contributed by atoms with E-state index in [0.29, 0.717) is 40.7 Å². The predicted molar refractivity (Wildman–Crippen MR) is 115 cm³/mol. The van der Waals surface area contributed by atoms with E-state index in [2.05, 4.69) is 21.0 Å². The van der Waals surface area contributed by atoms with Crippen LogP contribution in [0.4, 0.5) is 5.82 Å². The number of hydrogen-bond acceptors (Lipinski definition) is 7. The largest absolute Gasteiger partial charge is 0.493 e. The second kappa shape index (κ2) is 9.52. The van der Waals surface area contributed by atoms with Crippen LogP contribution in [0.5, 0.6) is 17.2 Å². The van der Waals surface area contributed by atoms with Gasteiger partial charge in [0.25, 0.3) is 0 Å². The molecular formula is C21H27N5O5. The molecule has 0 spiro atoms. The molecule has 10 nitrogen and oxygen atoms in total. The molecule has 2 amide bonds. The lowest BCUT2D eigenvalue weighted by molar-refractivity contribution is -0.125. The number of hydrogen-bond donors (Lipinski definition) is 3. The monoisotopic (exact) mass is 429 g/mol. The van der Waals surface area contributed by atoms with E-state index in [4.69, 9.17) is 14.2 Å². The van der Waals surface area contributed by atoms with Crippen molar-refractivity contribution in [2.24, 2.45) is 0 Å². The summed E-state index contributed by atoms with van der Waals surface area (Å²) < 4.78 is 17.5. The summed E-state index contributed by atoms with van der Waals surface area (Å²) in [4.78, 5) is 24.4. The van der Waals surface area contributed by atoms with Gasteiger partial charge in [-0.1, -0.05) is 0 Å². The minimum absolute atomic E-state index is 0.00765. The lowest BCUT2D eigenvalue weighted by Gasteiger charge is -2.30. The molecule has 1 aromatic heterocycles. The highest BCUT2D eigenvalue weighted by atomic mass is 16.5. The molecule has 2 unspecified atom stereocenters. The molecule has 0 aliphatic carbocycles. The average molecular weight is 429 g/mol. The number of nitrogens with zero attached hydrogens (tertiary/aromatic N) is 2. The summed E-state index contributed by atoms with van der Waals surface area (Å²) in [7, 11) is 4.58. The Kier molecular flexibility index (Phi) is 6.81. The number of benzene rings is 1. The topological polar surface area (TPSA) is 116 Å². The summed E-state index contributed by atoms with van der Waals surface area (Å²) in [6, 6.07) is 5.20. The zero-order valence-corrected chi connectivity index (χ0v) is 18.2. The van der Waals surface area contributed by atoms with Gasteiger partial charge in [0.05, 0.1) is 27.0 Å². The molecule has 2 aromatic rings. The summed E-state index contributed by atoms with van der Waals surface area (Å²) in [6.07, 6.45) is 2.87. The standard InChI is InChI=1S/C21H27N5O5/c1-12-9-19(28)24-21(22-12)26-17(8-13(2)25-26)23-18(27)7-6-14-10-15(29-3)20(31-5)16(11-14)30-4/h6-8,10-12,21-22H,9H2,1-5H3,(H,23,27)(H,24,28)/b7-6+. The van der Waals surface area contributed by atoms with Gasteiger partial charge >= 0.3 is 0 Å². The first-order chi connectivity index (χ1) is 14.8. The predicted octanol–water partition coefficient (Wildman–Crippen LogP) is 1.82. The summed E-state index contributed by atoms with van der Waals surface area (Å²) >= 11 is 0. The van der Waals surface area contributed by atoms with Crippen molar-refractivity contribution in [3.8, 4) is 17.2 Å². The second-order valence-electron chi connectivity index (χ2n) is 7.14. The SMILES string of the molecule is COc1cc(/C=C/C(=O)Nc2cc(C)nn2C2NC(=O)CC(C)N2)cc(OC)c1OC. The fourth-order valence-electron chi connectivity index (χ4n) is 3.34. The smallest absolute Gasteiger partial charge is 0.249 e. The molecule has 166 valence electrons. The van der Waals surface area contributed by atoms with Gasteiger partial charge in [0.1, 0.15) is 5.82 Å². The Labute approximate surface area is 180 Å². The molecule has 1 aliphatic rings. The lowest BCUT2D eigenvalue weighted by Crippen LogP contribution is -2.52. The van der Waals surface area contributed by atoms with Crippen LogP contribution in [-0.2, 0) is 9.59 Å². The number of amides is 2. The number of aryl methyl sites for hydroxylation is 1. The van der Waals surface area contributed by atoms with E-state index >= 15 is 0 Å². The summed E-state index contributed by atoms with van der Waals surface area (Å²) in [5.41, 5.74) is 1.41. The molecule has 1 aliphatic heterocycles. The summed E-state index contributed by atoms with van der Waals surface area (Å²) in [5, 5.41) is 13.3. The van der Waals surface area contributed by atoms with Crippen molar-refractivity contribution in [3.05, 3.63) is 35.5 Å². The molecule has 31 heavy (non-hydrogen) atoms. The van der Waals surface area contributed by atoms with Crippen molar-refractivity contribution >= 4 is 23.7 Å². The molecule has 3 rings (SSSR count). The van der Waals surface area contributed by atoms with Crippen LogP contribution in [0.25, 0.3) is 6.08 Å². The minimum atomic E-state index is -0.542. The van der Waals surface area contributed by atoms with Gasteiger partial charge in [-0.25, -0.2) is 4.68 Å². The van der Waals surface area contributed by atoms with Gasteiger partial charge in [-0.2, -0.15) is 5.10 Å². The molecule has 2 heterocycles. The van der Waals surface area contributed by atoms with Gasteiger partial charge in [-0.3, -0.25) is 14.9 Å². The maximum atomic E-state index is 12.6. The molecule has 0 saturated carbocycles. The third-order valence-electron chi connectivity index (χ3n) is 4.70. The van der Waals surface area contributed by atoms with Gasteiger partial charge in [0.2, 0.25) is 17.6 Å². The van der Waals surface area contributed by atoms with Crippen molar-refractivity contribution in [2.75, 3.05) is 26.6 Å². The Bertz CT molecular complexity index is 975. The van der Waals surface area contributed by atoms with Crippen LogP contribution >= 0.6 is 0 Å². The van der Waals surface area contributed by atoms with Crippen molar-refractivity contribution in [3.63, 3.8) is 0 Å². The van der Waals surface area contributed by atoms with Crippen LogP contribution in [0, 0.1) is 6.92 Å². The number of nitrogens with one attached hydrogen (secondary N) is 3. The highest BCUT2D eigenvalue weighted by molar-refractivity contribution is 6.01. The van der Waals surface area contributed by atoms with E-state index in [-0.39, 0.29) is 17.9 Å². The van der Waals surface area contributed by atoms with Gasteiger partial charge in [0.15, 0.2) is 17.8 Å². The quantitative estimate of drug-likeness (QED) is 0.575. The Morgan fingerprint density at radius 1 is 1.19 bits per heavy atom. The molecule has 2 atom stereocenters. The number of carbonyl (C=O) groups is 2. The average Bonchev–Trinajstić information content (AvgIpc) is 3.10. The normalized spacial score (nSPS) is 18.5. The van der Waals surface area contributed by atoms with Gasteiger partial charge in [0, 0.05) is 24.6 Å². The molecule has 10 heteroatoms. The van der Waals surface area contributed by atoms with Crippen molar-refractivity contribution < 1.29 is 23.8 Å². The fourth-order valence-corrected chi connectivity index (χ4v) is 3.34. The highest BCUT2D eigenvalue weighted by Crippen LogP contribution is 2.38. The van der Waals surface area contributed by atoms with Crippen LogP contribution in [0.2, 0.25) is 0 Å². The van der Waals surface area contributed by atoms with E-state index in [1.807, 2.05) is 13.8 Å². The molecule has 0 radical (unpaired) electrons. The molecular weight excluding hydrogens is 402 g/mol. The van der Waals surface area contributed by atoms with E-state index in [9.17, 15) is 9.59 Å². The van der Waals surface area contributed by atoms with E-state index in [1.165, 1.54) is 27.4 Å². The van der Waals surface area contributed by atoms with E-state index in [0.717, 1.165) is 0 Å². The van der Waals surface area contributed by atoms with Crippen LogP contribution in [0.1, 0.15) is 30.9 Å². The van der Waals surface area contributed by atoms with E-state index < -0.39 is 6.29 Å². The van der Waals surface area contributed by atoms with Crippen LogP contribution in [0.3, 0.4) is 0 Å². The van der Waals surface area contributed by atoms with Gasteiger partial charge < -0.3 is 24.8 Å².